The van der Waals surface area contributed by atoms with Gasteiger partial charge in [-0.2, -0.15) is 5.10 Å². The summed E-state index contributed by atoms with van der Waals surface area (Å²) < 4.78 is 4.42. The van der Waals surface area contributed by atoms with E-state index in [2.05, 4.69) is 174 Å². The lowest BCUT2D eigenvalue weighted by Crippen LogP contribution is -1.99. The molecule has 0 atom stereocenters. The van der Waals surface area contributed by atoms with E-state index in [-0.39, 0.29) is 0 Å². The van der Waals surface area contributed by atoms with Crippen molar-refractivity contribution in [1.29, 1.82) is 0 Å². The molecule has 6 aromatic carbocycles. The number of imidazole rings is 1. The molecule has 48 heavy (non-hydrogen) atoms. The number of nitrogens with zero attached hydrogens (tertiary/aromatic N) is 4. The third kappa shape index (κ3) is 4.61. The van der Waals surface area contributed by atoms with Crippen molar-refractivity contribution < 1.29 is 0 Å². The molecule has 0 spiro atoms. The summed E-state index contributed by atoms with van der Waals surface area (Å²) in [4.78, 5) is 4.88. The van der Waals surface area contributed by atoms with Gasteiger partial charge in [-0.05, 0) is 58.5 Å². The molecule has 3 heterocycles. The zero-order chi connectivity index (χ0) is 32.0. The Morgan fingerprint density at radius 2 is 1.21 bits per heavy atom. The molecule has 228 valence electrons. The van der Waals surface area contributed by atoms with E-state index in [1.807, 2.05) is 6.07 Å². The monoisotopic (exact) mass is 616 g/mol. The average Bonchev–Trinajstić information content (AvgIpc) is 3.75. The lowest BCUT2D eigenvalue weighted by atomic mass is 9.95. The second-order valence-corrected chi connectivity index (χ2v) is 12.2. The van der Waals surface area contributed by atoms with Gasteiger partial charge in [0.1, 0.15) is 11.5 Å². The van der Waals surface area contributed by atoms with Crippen LogP contribution in [-0.4, -0.2) is 19.2 Å². The number of hydrogen-bond acceptors (Lipinski definition) is 2. The summed E-state index contributed by atoms with van der Waals surface area (Å²) >= 11 is 0. The van der Waals surface area contributed by atoms with Crippen LogP contribution in [0.4, 0.5) is 0 Å². The molecule has 0 N–H and O–H groups in total. The lowest BCUT2D eigenvalue weighted by molar-refractivity contribution is 0.908. The molecule has 0 saturated carbocycles. The van der Waals surface area contributed by atoms with Crippen LogP contribution in [0.25, 0.3) is 77.8 Å². The number of hydrogen-bond donors (Lipinski definition) is 0. The summed E-state index contributed by atoms with van der Waals surface area (Å²) in [6.45, 7) is 2.16. The van der Waals surface area contributed by atoms with Gasteiger partial charge in [0.15, 0.2) is 0 Å². The largest absolute Gasteiger partial charge is 0.296 e. The number of fused-ring (bicyclic) bond motifs is 4. The highest BCUT2D eigenvalue weighted by Crippen LogP contribution is 2.41. The van der Waals surface area contributed by atoms with Crippen molar-refractivity contribution in [2.45, 2.75) is 13.3 Å². The summed E-state index contributed by atoms with van der Waals surface area (Å²) in [6, 6.07) is 58.1. The molecular formula is C44H32N4. The van der Waals surface area contributed by atoms with E-state index in [4.69, 9.17) is 10.1 Å². The van der Waals surface area contributed by atoms with Gasteiger partial charge < -0.3 is 0 Å². The zero-order valence-electron chi connectivity index (χ0n) is 26.6. The van der Waals surface area contributed by atoms with Gasteiger partial charge in [-0.25, -0.2) is 9.50 Å². The molecule has 0 fully saturated rings. The van der Waals surface area contributed by atoms with E-state index in [1.54, 1.807) is 0 Å². The number of rotatable bonds is 6. The van der Waals surface area contributed by atoms with Crippen LogP contribution in [0.3, 0.4) is 0 Å². The third-order valence-electron chi connectivity index (χ3n) is 9.30. The van der Waals surface area contributed by atoms with Crippen molar-refractivity contribution in [3.8, 4) is 50.5 Å². The van der Waals surface area contributed by atoms with Gasteiger partial charge >= 0.3 is 0 Å². The summed E-state index contributed by atoms with van der Waals surface area (Å²) in [5.74, 6) is 1.06. The van der Waals surface area contributed by atoms with E-state index in [9.17, 15) is 0 Å². The van der Waals surface area contributed by atoms with Crippen molar-refractivity contribution in [3.05, 3.63) is 170 Å². The molecule has 4 heteroatoms. The maximum atomic E-state index is 5.42. The van der Waals surface area contributed by atoms with Crippen molar-refractivity contribution in [3.63, 3.8) is 0 Å². The van der Waals surface area contributed by atoms with E-state index in [1.165, 1.54) is 10.8 Å². The van der Waals surface area contributed by atoms with Crippen LogP contribution in [0.2, 0.25) is 0 Å². The van der Waals surface area contributed by atoms with Gasteiger partial charge in [0.05, 0.1) is 22.2 Å². The predicted molar refractivity (Wildman–Crippen MR) is 198 cm³/mol. The van der Waals surface area contributed by atoms with Crippen molar-refractivity contribution in [2.75, 3.05) is 0 Å². The van der Waals surface area contributed by atoms with Crippen molar-refractivity contribution in [2.24, 2.45) is 0 Å². The molecule has 0 bridgehead atoms. The number of aromatic nitrogens is 4. The molecule has 0 unspecified atom stereocenters. The smallest absolute Gasteiger partial charge is 0.114 e. The molecule has 0 aliphatic heterocycles. The standard InChI is InChI=1S/C44H32N4/c1-2-41-45-38-22-11-12-23-39(38)47(41)36-26-24-30(25-27-36)33-19-13-20-35(28-33)43-42(32-16-7-4-8-17-32)44-37-21-10-9-18-34(37)29-40(48(44)46-43)31-14-5-3-6-15-31/h3-29H,2H2,1H3. The highest BCUT2D eigenvalue weighted by Gasteiger charge is 2.21. The summed E-state index contributed by atoms with van der Waals surface area (Å²) in [7, 11) is 0. The van der Waals surface area contributed by atoms with Gasteiger partial charge in [-0.1, -0.05) is 134 Å². The van der Waals surface area contributed by atoms with Crippen molar-refractivity contribution >= 4 is 27.3 Å². The van der Waals surface area contributed by atoms with Crippen LogP contribution in [0.1, 0.15) is 12.7 Å². The Morgan fingerprint density at radius 1 is 0.542 bits per heavy atom. The van der Waals surface area contributed by atoms with Crippen LogP contribution < -0.4 is 0 Å². The fourth-order valence-electron chi connectivity index (χ4n) is 7.03. The van der Waals surface area contributed by atoms with Gasteiger partial charge in [0, 0.05) is 34.2 Å². The second-order valence-electron chi connectivity index (χ2n) is 12.2. The van der Waals surface area contributed by atoms with Crippen molar-refractivity contribution in [1.82, 2.24) is 19.2 Å². The highest BCUT2D eigenvalue weighted by molar-refractivity contribution is 6.08. The number of pyridine rings is 1. The molecule has 0 amide bonds. The minimum Gasteiger partial charge on any atom is -0.296 e. The Balaban J connectivity index is 1.22. The first-order chi connectivity index (χ1) is 23.8. The number of benzene rings is 6. The molecular weight excluding hydrogens is 585 g/mol. The maximum absolute atomic E-state index is 5.42. The average molecular weight is 617 g/mol. The SMILES string of the molecule is CCc1nc2ccccc2n1-c1ccc(-c2cccc(-c3nn4c(-c5ccccc5)cc5ccccc5c4c3-c3ccccc3)c2)cc1. The normalized spacial score (nSPS) is 11.5. The molecule has 4 nitrogen and oxygen atoms in total. The van der Waals surface area contributed by atoms with E-state index < -0.39 is 0 Å². The number of aryl methyl sites for hydroxylation is 1. The first kappa shape index (κ1) is 28.0. The number of para-hydroxylation sites is 2. The Bertz CT molecular complexity index is 2580. The first-order valence-electron chi connectivity index (χ1n) is 16.5. The zero-order valence-corrected chi connectivity index (χ0v) is 26.6. The Morgan fingerprint density at radius 3 is 2.00 bits per heavy atom. The van der Waals surface area contributed by atoms with E-state index in [0.717, 1.165) is 79.3 Å². The first-order valence-corrected chi connectivity index (χ1v) is 16.5. The third-order valence-corrected chi connectivity index (χ3v) is 9.30. The minimum absolute atomic E-state index is 0.864. The van der Waals surface area contributed by atoms with E-state index >= 15 is 0 Å². The second kappa shape index (κ2) is 11.5. The molecule has 3 aromatic heterocycles. The van der Waals surface area contributed by atoms with Crippen LogP contribution in [0, 0.1) is 0 Å². The molecule has 0 aliphatic rings. The minimum atomic E-state index is 0.864. The Labute approximate surface area is 279 Å². The summed E-state index contributed by atoms with van der Waals surface area (Å²) in [6.07, 6.45) is 0.864. The quantitative estimate of drug-likeness (QED) is 0.186. The summed E-state index contributed by atoms with van der Waals surface area (Å²) in [5, 5.41) is 7.80. The molecule has 0 saturated heterocycles. The summed E-state index contributed by atoms with van der Waals surface area (Å²) in [5.41, 5.74) is 13.2. The van der Waals surface area contributed by atoms with Crippen LogP contribution >= 0.6 is 0 Å². The topological polar surface area (TPSA) is 35.1 Å². The molecule has 0 radical (unpaired) electrons. The fourth-order valence-corrected chi connectivity index (χ4v) is 7.03. The Kier molecular flexibility index (Phi) is 6.72. The van der Waals surface area contributed by atoms with Gasteiger partial charge in [-0.15, -0.1) is 0 Å². The molecule has 0 aliphatic carbocycles. The molecule has 9 aromatic rings. The van der Waals surface area contributed by atoms with Gasteiger partial charge in [-0.3, -0.25) is 4.57 Å². The van der Waals surface area contributed by atoms with Crippen LogP contribution in [0.15, 0.2) is 164 Å². The fraction of sp³-hybridized carbons (Fsp3) is 0.0455. The van der Waals surface area contributed by atoms with Crippen LogP contribution in [0.5, 0.6) is 0 Å². The maximum Gasteiger partial charge on any atom is 0.114 e. The molecule has 9 rings (SSSR count). The van der Waals surface area contributed by atoms with Crippen LogP contribution in [-0.2, 0) is 6.42 Å². The highest BCUT2D eigenvalue weighted by atomic mass is 15.2. The lowest BCUT2D eigenvalue weighted by Gasteiger charge is -2.11. The van der Waals surface area contributed by atoms with Gasteiger partial charge in [0.2, 0.25) is 0 Å². The Hall–Kier alpha value is -6.26. The van der Waals surface area contributed by atoms with Gasteiger partial charge in [0.25, 0.3) is 0 Å². The van der Waals surface area contributed by atoms with E-state index in [0.29, 0.717) is 0 Å². The predicted octanol–water partition coefficient (Wildman–Crippen LogP) is 11.1.